The fourth-order valence-corrected chi connectivity index (χ4v) is 2.15. The van der Waals surface area contributed by atoms with Gasteiger partial charge in [0.05, 0.1) is 5.52 Å². The lowest BCUT2D eigenvalue weighted by molar-refractivity contribution is 1.11. The van der Waals surface area contributed by atoms with Crippen molar-refractivity contribution >= 4 is 10.9 Å². The molecule has 3 rings (SSSR count). The number of fused-ring (bicyclic) bond motifs is 1. The molecule has 1 aliphatic rings. The lowest BCUT2D eigenvalue weighted by Crippen LogP contribution is -1.88. The number of pyridine rings is 1. The smallest absolute Gasteiger partial charge is 0.0704 e. The second kappa shape index (κ2) is 2.81. The van der Waals surface area contributed by atoms with E-state index in [0.717, 1.165) is 11.4 Å². The normalized spacial score (nSPS) is 16.1. The molecule has 0 bridgehead atoms. The van der Waals surface area contributed by atoms with Crippen molar-refractivity contribution in [3.05, 3.63) is 41.6 Å². The summed E-state index contributed by atoms with van der Waals surface area (Å²) in [4.78, 5) is 4.36. The van der Waals surface area contributed by atoms with Crippen LogP contribution < -0.4 is 0 Å². The zero-order valence-corrected chi connectivity index (χ0v) is 8.33. The second-order valence-corrected chi connectivity index (χ2v) is 4.12. The molecule has 1 aliphatic carbocycles. The van der Waals surface area contributed by atoms with Gasteiger partial charge >= 0.3 is 0 Å². The van der Waals surface area contributed by atoms with Crippen LogP contribution in [0.2, 0.25) is 0 Å². The molecule has 0 aliphatic heterocycles. The third-order valence-corrected chi connectivity index (χ3v) is 3.11. The molecule has 2 aromatic rings. The van der Waals surface area contributed by atoms with Crippen molar-refractivity contribution in [2.45, 2.75) is 25.7 Å². The summed E-state index contributed by atoms with van der Waals surface area (Å²) < 4.78 is 0. The first-order valence-corrected chi connectivity index (χ1v) is 5.20. The summed E-state index contributed by atoms with van der Waals surface area (Å²) in [6, 6.07) is 8.59. The van der Waals surface area contributed by atoms with Gasteiger partial charge in [-0.1, -0.05) is 12.1 Å². The highest BCUT2D eigenvalue weighted by Crippen LogP contribution is 2.42. The maximum atomic E-state index is 4.36. The Morgan fingerprint density at radius 3 is 2.86 bits per heavy atom. The average Bonchev–Trinajstić information content (AvgIpc) is 3.03. The van der Waals surface area contributed by atoms with E-state index in [-0.39, 0.29) is 0 Å². The van der Waals surface area contributed by atoms with Gasteiger partial charge in [0.1, 0.15) is 0 Å². The van der Waals surface area contributed by atoms with E-state index < -0.39 is 0 Å². The minimum absolute atomic E-state index is 0.833. The van der Waals surface area contributed by atoms with Crippen LogP contribution >= 0.6 is 0 Å². The molecule has 1 fully saturated rings. The second-order valence-electron chi connectivity index (χ2n) is 4.12. The van der Waals surface area contributed by atoms with E-state index in [9.17, 15) is 0 Å². The Kier molecular flexibility index (Phi) is 1.60. The Morgan fingerprint density at radius 1 is 1.21 bits per heavy atom. The molecule has 0 saturated heterocycles. The van der Waals surface area contributed by atoms with Crippen LogP contribution in [-0.2, 0) is 0 Å². The van der Waals surface area contributed by atoms with Crippen molar-refractivity contribution in [1.82, 2.24) is 4.98 Å². The van der Waals surface area contributed by atoms with Gasteiger partial charge in [-0.15, -0.1) is 0 Å². The van der Waals surface area contributed by atoms with E-state index in [1.54, 1.807) is 0 Å². The molecule has 0 amide bonds. The molecule has 1 aromatic heterocycles. The number of hydrogen-bond acceptors (Lipinski definition) is 1. The number of benzene rings is 1. The molecule has 1 nitrogen and oxygen atoms in total. The van der Waals surface area contributed by atoms with Crippen molar-refractivity contribution in [2.24, 2.45) is 0 Å². The SMILES string of the molecule is Cc1c(C2CC2)ccc2ncccc12. The third-order valence-electron chi connectivity index (χ3n) is 3.11. The number of rotatable bonds is 1. The molecule has 0 unspecified atom stereocenters. The fourth-order valence-electron chi connectivity index (χ4n) is 2.15. The van der Waals surface area contributed by atoms with Gasteiger partial charge in [-0.05, 0) is 48.9 Å². The molecule has 0 atom stereocenters. The van der Waals surface area contributed by atoms with Crippen LogP contribution in [0.15, 0.2) is 30.5 Å². The lowest BCUT2D eigenvalue weighted by Gasteiger charge is -2.07. The Labute approximate surface area is 83.8 Å². The van der Waals surface area contributed by atoms with Gasteiger partial charge in [-0.3, -0.25) is 4.98 Å². The van der Waals surface area contributed by atoms with Gasteiger partial charge in [0, 0.05) is 11.6 Å². The Bertz CT molecular complexity index is 484. The predicted octanol–water partition coefficient (Wildman–Crippen LogP) is 3.42. The van der Waals surface area contributed by atoms with Crippen LogP contribution in [0, 0.1) is 6.92 Å². The first kappa shape index (κ1) is 7.98. The lowest BCUT2D eigenvalue weighted by atomic mass is 10.00. The van der Waals surface area contributed by atoms with Crippen molar-refractivity contribution in [3.8, 4) is 0 Å². The minimum atomic E-state index is 0.833. The van der Waals surface area contributed by atoms with Crippen molar-refractivity contribution in [1.29, 1.82) is 0 Å². The minimum Gasteiger partial charge on any atom is -0.256 e. The summed E-state index contributed by atoms with van der Waals surface area (Å²) in [6.45, 7) is 2.22. The summed E-state index contributed by atoms with van der Waals surface area (Å²) in [7, 11) is 0. The average molecular weight is 183 g/mol. The van der Waals surface area contributed by atoms with Gasteiger partial charge in [-0.25, -0.2) is 0 Å². The summed E-state index contributed by atoms with van der Waals surface area (Å²) in [5.41, 5.74) is 4.08. The number of hydrogen-bond donors (Lipinski definition) is 0. The Hall–Kier alpha value is -1.37. The maximum absolute atomic E-state index is 4.36. The molecule has 1 saturated carbocycles. The molecule has 14 heavy (non-hydrogen) atoms. The summed E-state index contributed by atoms with van der Waals surface area (Å²) >= 11 is 0. The van der Waals surface area contributed by atoms with Crippen LogP contribution in [0.5, 0.6) is 0 Å². The molecule has 0 spiro atoms. The molecular weight excluding hydrogens is 170 g/mol. The van der Waals surface area contributed by atoms with E-state index in [1.165, 1.54) is 29.4 Å². The zero-order valence-electron chi connectivity index (χ0n) is 8.33. The van der Waals surface area contributed by atoms with E-state index >= 15 is 0 Å². The molecule has 1 heteroatoms. The van der Waals surface area contributed by atoms with Gasteiger partial charge in [0.2, 0.25) is 0 Å². The van der Waals surface area contributed by atoms with Crippen molar-refractivity contribution in [3.63, 3.8) is 0 Å². The molecular formula is C13H13N. The highest BCUT2D eigenvalue weighted by molar-refractivity contribution is 5.83. The van der Waals surface area contributed by atoms with Gasteiger partial charge < -0.3 is 0 Å². The van der Waals surface area contributed by atoms with E-state index in [1.807, 2.05) is 12.3 Å². The first-order valence-electron chi connectivity index (χ1n) is 5.20. The number of aryl methyl sites for hydroxylation is 1. The molecule has 0 radical (unpaired) electrons. The zero-order chi connectivity index (χ0) is 9.54. The fraction of sp³-hybridized carbons (Fsp3) is 0.308. The predicted molar refractivity (Wildman–Crippen MR) is 58.5 cm³/mol. The molecule has 70 valence electrons. The summed E-state index contributed by atoms with van der Waals surface area (Å²) in [6.07, 6.45) is 4.60. The summed E-state index contributed by atoms with van der Waals surface area (Å²) in [5.74, 6) is 0.833. The van der Waals surface area contributed by atoms with Crippen LogP contribution in [0.3, 0.4) is 0 Å². The topological polar surface area (TPSA) is 12.9 Å². The molecule has 0 N–H and O–H groups in total. The third kappa shape index (κ3) is 1.12. The number of nitrogens with zero attached hydrogens (tertiary/aromatic N) is 1. The van der Waals surface area contributed by atoms with E-state index in [2.05, 4.69) is 30.1 Å². The van der Waals surface area contributed by atoms with Gasteiger partial charge in [-0.2, -0.15) is 0 Å². The van der Waals surface area contributed by atoms with Crippen molar-refractivity contribution in [2.75, 3.05) is 0 Å². The van der Waals surface area contributed by atoms with Crippen molar-refractivity contribution < 1.29 is 0 Å². The summed E-state index contributed by atoms with van der Waals surface area (Å²) in [5, 5.41) is 1.32. The molecule has 1 aromatic carbocycles. The van der Waals surface area contributed by atoms with E-state index in [0.29, 0.717) is 0 Å². The first-order chi connectivity index (χ1) is 6.86. The standard InChI is InChI=1S/C13H13N/c1-9-11(10-4-5-10)6-7-13-12(9)3-2-8-14-13/h2-3,6-8,10H,4-5H2,1H3. The van der Waals surface area contributed by atoms with Crippen LogP contribution in [0.25, 0.3) is 10.9 Å². The Balaban J connectivity index is 2.30. The van der Waals surface area contributed by atoms with Crippen LogP contribution in [-0.4, -0.2) is 4.98 Å². The maximum Gasteiger partial charge on any atom is 0.0704 e. The van der Waals surface area contributed by atoms with Crippen LogP contribution in [0.4, 0.5) is 0 Å². The highest BCUT2D eigenvalue weighted by atomic mass is 14.6. The van der Waals surface area contributed by atoms with Gasteiger partial charge in [0.25, 0.3) is 0 Å². The van der Waals surface area contributed by atoms with E-state index in [4.69, 9.17) is 0 Å². The highest BCUT2D eigenvalue weighted by Gasteiger charge is 2.25. The van der Waals surface area contributed by atoms with Gasteiger partial charge in [0.15, 0.2) is 0 Å². The monoisotopic (exact) mass is 183 g/mol. The van der Waals surface area contributed by atoms with Crippen LogP contribution in [0.1, 0.15) is 29.9 Å². The Morgan fingerprint density at radius 2 is 2.07 bits per heavy atom. The quantitative estimate of drug-likeness (QED) is 0.660. The molecule has 1 heterocycles. The largest absolute Gasteiger partial charge is 0.256 e. The number of aromatic nitrogens is 1.